The quantitative estimate of drug-likeness (QED) is 0.587. The van der Waals surface area contributed by atoms with E-state index < -0.39 is 24.8 Å². The summed E-state index contributed by atoms with van der Waals surface area (Å²) in [4.78, 5) is 0. The summed E-state index contributed by atoms with van der Waals surface area (Å²) in [5, 5.41) is 0. The van der Waals surface area contributed by atoms with E-state index >= 15 is 0 Å². The Morgan fingerprint density at radius 3 is 1.00 bits per heavy atom. The molecule has 0 bridgehead atoms. The van der Waals surface area contributed by atoms with E-state index in [4.69, 9.17) is 42.6 Å². The molecule has 0 saturated carbocycles. The second-order valence-corrected chi connectivity index (χ2v) is 6.76. The molecule has 160 valence electrons. The van der Waals surface area contributed by atoms with Gasteiger partial charge in [0.15, 0.2) is 12.6 Å². The number of hydrogen-bond donors (Lipinski definition) is 0. The van der Waals surface area contributed by atoms with Crippen molar-refractivity contribution in [2.45, 2.75) is 75.3 Å². The molecule has 0 spiro atoms. The highest BCUT2D eigenvalue weighted by atomic mass is 16.8. The van der Waals surface area contributed by atoms with Crippen LogP contribution in [0.25, 0.3) is 0 Å². The fourth-order valence-electron chi connectivity index (χ4n) is 3.98. The van der Waals surface area contributed by atoms with Gasteiger partial charge in [0.2, 0.25) is 0 Å². The monoisotopic (exact) mass is 394 g/mol. The van der Waals surface area contributed by atoms with Gasteiger partial charge in [-0.2, -0.15) is 0 Å². The Bertz CT molecular complexity index is 399. The van der Waals surface area contributed by atoms with Gasteiger partial charge < -0.3 is 42.6 Å². The SMILES string of the molecule is CO[C@@H]1[C@@H](OC)[C@H](C)O[C@@H](O[C@@H]2O[C@@H](C)[C@H](OC)[C@@H](OC)[C@H]2OC)[C@@H]1OC. The van der Waals surface area contributed by atoms with Crippen LogP contribution in [0.1, 0.15) is 13.8 Å². The molecule has 2 aliphatic heterocycles. The van der Waals surface area contributed by atoms with Crippen molar-refractivity contribution in [3.63, 3.8) is 0 Å². The van der Waals surface area contributed by atoms with Crippen molar-refractivity contribution in [2.75, 3.05) is 42.7 Å². The highest BCUT2D eigenvalue weighted by Gasteiger charge is 2.51. The highest BCUT2D eigenvalue weighted by Crippen LogP contribution is 2.32. The van der Waals surface area contributed by atoms with E-state index in [2.05, 4.69) is 0 Å². The molecule has 0 aromatic carbocycles. The van der Waals surface area contributed by atoms with Crippen molar-refractivity contribution in [2.24, 2.45) is 0 Å². The minimum absolute atomic E-state index is 0.261. The van der Waals surface area contributed by atoms with Crippen LogP contribution in [-0.2, 0) is 42.6 Å². The molecule has 2 fully saturated rings. The van der Waals surface area contributed by atoms with E-state index in [1.54, 1.807) is 42.7 Å². The maximum atomic E-state index is 6.16. The van der Waals surface area contributed by atoms with Gasteiger partial charge in [-0.3, -0.25) is 0 Å². The third-order valence-corrected chi connectivity index (χ3v) is 5.36. The Kier molecular flexibility index (Phi) is 8.85. The molecule has 0 radical (unpaired) electrons. The Morgan fingerprint density at radius 1 is 0.444 bits per heavy atom. The molecular formula is C18H34O9. The lowest BCUT2D eigenvalue weighted by atomic mass is 9.98. The first-order chi connectivity index (χ1) is 13.0. The van der Waals surface area contributed by atoms with Crippen molar-refractivity contribution in [1.82, 2.24) is 0 Å². The van der Waals surface area contributed by atoms with E-state index in [-0.39, 0.29) is 36.6 Å². The molecule has 2 heterocycles. The molecule has 0 aliphatic carbocycles. The normalized spacial score (nSPS) is 45.8. The summed E-state index contributed by atoms with van der Waals surface area (Å²) in [6.07, 6.45) is -4.28. The molecule has 2 aliphatic rings. The van der Waals surface area contributed by atoms with E-state index in [9.17, 15) is 0 Å². The molecule has 0 aromatic heterocycles. The van der Waals surface area contributed by atoms with Crippen molar-refractivity contribution in [1.29, 1.82) is 0 Å². The zero-order chi connectivity index (χ0) is 20.1. The van der Waals surface area contributed by atoms with Gasteiger partial charge in [0, 0.05) is 42.7 Å². The third kappa shape index (κ3) is 4.63. The van der Waals surface area contributed by atoms with Gasteiger partial charge in [-0.15, -0.1) is 0 Å². The number of ether oxygens (including phenoxy) is 9. The minimum atomic E-state index is -0.729. The van der Waals surface area contributed by atoms with Crippen molar-refractivity contribution >= 4 is 0 Å². The summed E-state index contributed by atoms with van der Waals surface area (Å²) in [7, 11) is 9.61. The molecule has 0 aromatic rings. The Balaban J connectivity index is 2.19. The maximum absolute atomic E-state index is 6.16. The maximum Gasteiger partial charge on any atom is 0.189 e. The molecular weight excluding hydrogens is 360 g/mol. The smallest absolute Gasteiger partial charge is 0.189 e. The third-order valence-electron chi connectivity index (χ3n) is 5.36. The predicted molar refractivity (Wildman–Crippen MR) is 94.5 cm³/mol. The van der Waals surface area contributed by atoms with Crippen LogP contribution in [0.5, 0.6) is 0 Å². The first kappa shape index (κ1) is 22.9. The van der Waals surface area contributed by atoms with Gasteiger partial charge in [0.1, 0.15) is 36.6 Å². The minimum Gasteiger partial charge on any atom is -0.376 e. The van der Waals surface area contributed by atoms with E-state index in [1.807, 2.05) is 13.8 Å². The summed E-state index contributed by atoms with van der Waals surface area (Å²) >= 11 is 0. The Morgan fingerprint density at radius 2 is 0.741 bits per heavy atom. The van der Waals surface area contributed by atoms with Crippen LogP contribution < -0.4 is 0 Å². The molecule has 2 rings (SSSR count). The van der Waals surface area contributed by atoms with Crippen molar-refractivity contribution < 1.29 is 42.6 Å². The van der Waals surface area contributed by atoms with Crippen LogP contribution in [-0.4, -0.2) is 104 Å². The summed E-state index contributed by atoms with van der Waals surface area (Å²) in [6.45, 7) is 3.80. The average Bonchev–Trinajstić information content (AvgIpc) is 2.66. The highest BCUT2D eigenvalue weighted by molar-refractivity contribution is 4.94. The van der Waals surface area contributed by atoms with Gasteiger partial charge in [0.25, 0.3) is 0 Å². The number of hydrogen-bond acceptors (Lipinski definition) is 9. The molecule has 2 saturated heterocycles. The summed E-state index contributed by atoms with van der Waals surface area (Å²) in [6, 6.07) is 0. The summed E-state index contributed by atoms with van der Waals surface area (Å²) < 4.78 is 51.7. The van der Waals surface area contributed by atoms with Crippen LogP contribution in [0.3, 0.4) is 0 Å². The van der Waals surface area contributed by atoms with E-state index in [0.717, 1.165) is 0 Å². The fourth-order valence-corrected chi connectivity index (χ4v) is 3.98. The van der Waals surface area contributed by atoms with Gasteiger partial charge >= 0.3 is 0 Å². The van der Waals surface area contributed by atoms with Crippen LogP contribution in [0.2, 0.25) is 0 Å². The topological polar surface area (TPSA) is 83.1 Å². The fraction of sp³-hybridized carbons (Fsp3) is 1.00. The van der Waals surface area contributed by atoms with Gasteiger partial charge in [-0.1, -0.05) is 0 Å². The first-order valence-corrected chi connectivity index (χ1v) is 9.10. The Hall–Kier alpha value is -0.360. The summed E-state index contributed by atoms with van der Waals surface area (Å²) in [5.74, 6) is 0. The second-order valence-electron chi connectivity index (χ2n) is 6.76. The summed E-state index contributed by atoms with van der Waals surface area (Å²) in [5.41, 5.74) is 0. The zero-order valence-corrected chi connectivity index (χ0v) is 17.4. The number of methoxy groups -OCH3 is 6. The molecule has 0 amide bonds. The van der Waals surface area contributed by atoms with Crippen molar-refractivity contribution in [3.8, 4) is 0 Å². The lowest BCUT2D eigenvalue weighted by molar-refractivity contribution is -0.378. The average molecular weight is 394 g/mol. The molecule has 9 nitrogen and oxygen atoms in total. The van der Waals surface area contributed by atoms with Crippen LogP contribution in [0.15, 0.2) is 0 Å². The van der Waals surface area contributed by atoms with E-state index in [0.29, 0.717) is 0 Å². The second kappa shape index (κ2) is 10.4. The zero-order valence-electron chi connectivity index (χ0n) is 17.4. The van der Waals surface area contributed by atoms with Gasteiger partial charge in [-0.05, 0) is 13.8 Å². The standard InChI is InChI=1S/C18H34O9/c1-9-11(19-3)13(21-5)15(23-7)17(25-9)27-18-16(24-8)14(22-6)12(20-4)10(2)26-18/h9-18H,1-8H3/t9-,10-,11-,12-,13+,14+,15+,16+,17-,18-/m0/s1. The number of rotatable bonds is 8. The molecule has 0 N–H and O–H groups in total. The lowest BCUT2D eigenvalue weighted by Crippen LogP contribution is -2.64. The predicted octanol–water partition coefficient (Wildman–Crippen LogP) is 0.583. The molecule has 9 heteroatoms. The molecule has 0 unspecified atom stereocenters. The van der Waals surface area contributed by atoms with Crippen molar-refractivity contribution in [3.05, 3.63) is 0 Å². The first-order valence-electron chi connectivity index (χ1n) is 9.10. The molecule has 27 heavy (non-hydrogen) atoms. The Labute approximate surface area is 161 Å². The molecule has 10 atom stereocenters. The largest absolute Gasteiger partial charge is 0.376 e. The lowest BCUT2D eigenvalue weighted by Gasteiger charge is -2.48. The van der Waals surface area contributed by atoms with Crippen LogP contribution in [0.4, 0.5) is 0 Å². The van der Waals surface area contributed by atoms with Gasteiger partial charge in [0.05, 0.1) is 12.2 Å². The van der Waals surface area contributed by atoms with E-state index in [1.165, 1.54) is 0 Å². The van der Waals surface area contributed by atoms with Crippen LogP contribution >= 0.6 is 0 Å². The van der Waals surface area contributed by atoms with Crippen LogP contribution in [0, 0.1) is 0 Å². The van der Waals surface area contributed by atoms with Gasteiger partial charge in [-0.25, -0.2) is 0 Å².